The minimum absolute atomic E-state index is 0.00974. The van der Waals surface area contributed by atoms with Crippen LogP contribution in [0.3, 0.4) is 0 Å². The third kappa shape index (κ3) is 5.36. The van der Waals surface area contributed by atoms with Crippen molar-refractivity contribution in [1.29, 1.82) is 0 Å². The maximum absolute atomic E-state index is 15.9. The molecule has 3 aliphatic rings. The number of phosphoric acid groups is 2. The number of imidazole rings is 1. The maximum Gasteiger partial charge on any atom is 0.472 e. The van der Waals surface area contributed by atoms with Crippen LogP contribution < -0.4 is 5.73 Å². The van der Waals surface area contributed by atoms with Gasteiger partial charge < -0.3 is 35.2 Å². The fourth-order valence-corrected chi connectivity index (χ4v) is 7.32. The first kappa shape index (κ1) is 31.1. The van der Waals surface area contributed by atoms with E-state index < -0.39 is 84.0 Å². The van der Waals surface area contributed by atoms with Gasteiger partial charge in [-0.1, -0.05) is 11.3 Å². The summed E-state index contributed by atoms with van der Waals surface area (Å²) in [7, 11) is -10.3. The van der Waals surface area contributed by atoms with Gasteiger partial charge >= 0.3 is 21.6 Å². The summed E-state index contributed by atoms with van der Waals surface area (Å²) in [5.41, 5.74) is 5.77. The number of nitrogens with zero attached hydrogens (tertiary/aromatic N) is 7. The number of ether oxygens (including phenoxy) is 2. The van der Waals surface area contributed by atoms with E-state index in [0.717, 1.165) is 21.9 Å². The molecule has 4 aromatic rings. The highest BCUT2D eigenvalue weighted by molar-refractivity contribution is 7.47. The highest BCUT2D eigenvalue weighted by atomic mass is 31.2. The predicted molar refractivity (Wildman–Crippen MR) is 144 cm³/mol. The van der Waals surface area contributed by atoms with E-state index in [1.165, 1.54) is 18.2 Å². The first-order valence-electron chi connectivity index (χ1n) is 13.3. The summed E-state index contributed by atoms with van der Waals surface area (Å²) in [6.07, 6.45) is -11.7. The monoisotopic (exact) mass is 688 g/mol. The Morgan fingerprint density at radius 1 is 0.978 bits per heavy atom. The van der Waals surface area contributed by atoms with Gasteiger partial charge in [-0.15, -0.1) is 5.10 Å². The van der Waals surface area contributed by atoms with E-state index in [2.05, 4.69) is 25.3 Å². The lowest BCUT2D eigenvalue weighted by Gasteiger charge is -2.25. The van der Waals surface area contributed by atoms with Gasteiger partial charge in [0.1, 0.15) is 47.9 Å². The van der Waals surface area contributed by atoms with Crippen molar-refractivity contribution in [1.82, 2.24) is 34.5 Å². The minimum Gasteiger partial charge on any atom is -0.478 e. The summed E-state index contributed by atoms with van der Waals surface area (Å²) in [5, 5.41) is 28.2. The number of aliphatic hydroxyl groups excluding tert-OH is 1. The zero-order valence-electron chi connectivity index (χ0n) is 22.9. The number of aliphatic hydroxyl groups is 1. The number of anilines is 1. The van der Waals surface area contributed by atoms with E-state index in [0.29, 0.717) is 0 Å². The number of nitrogen functional groups attached to an aromatic ring is 1. The molecule has 21 nitrogen and oxygen atoms in total. The first-order valence-corrected chi connectivity index (χ1v) is 16.3. The molecule has 7 rings (SSSR count). The molecule has 2 unspecified atom stereocenters. The third-order valence-electron chi connectivity index (χ3n) is 7.53. The summed E-state index contributed by atoms with van der Waals surface area (Å²) in [5.74, 6) is -1.32. The molecule has 0 amide bonds. The smallest absolute Gasteiger partial charge is 0.472 e. The number of carbonyl (C=O) groups is 1. The Kier molecular flexibility index (Phi) is 7.65. The Balaban J connectivity index is 1.20. The Labute approximate surface area is 254 Å². The Morgan fingerprint density at radius 2 is 1.67 bits per heavy atom. The van der Waals surface area contributed by atoms with Crippen molar-refractivity contribution in [2.45, 2.75) is 49.1 Å². The van der Waals surface area contributed by atoms with E-state index in [4.69, 9.17) is 33.3 Å². The quantitative estimate of drug-likeness (QED) is 0.178. The van der Waals surface area contributed by atoms with Crippen molar-refractivity contribution in [3.8, 4) is 0 Å². The summed E-state index contributed by atoms with van der Waals surface area (Å²) >= 11 is 0. The van der Waals surface area contributed by atoms with Crippen molar-refractivity contribution in [2.75, 3.05) is 18.9 Å². The Morgan fingerprint density at radius 3 is 2.41 bits per heavy atom. The van der Waals surface area contributed by atoms with Crippen LogP contribution in [0.2, 0.25) is 0 Å². The number of rotatable bonds is 3. The summed E-state index contributed by atoms with van der Waals surface area (Å²) in [4.78, 5) is 44.7. The van der Waals surface area contributed by atoms with Crippen LogP contribution in [0.1, 0.15) is 22.8 Å². The van der Waals surface area contributed by atoms with Crippen LogP contribution in [0.5, 0.6) is 0 Å². The molecule has 3 fully saturated rings. The molecule has 3 saturated heterocycles. The molecule has 1 aromatic carbocycles. The molecule has 0 spiro atoms. The Hall–Kier alpha value is -3.53. The van der Waals surface area contributed by atoms with Crippen LogP contribution in [0, 0.1) is 0 Å². The molecule has 10 atom stereocenters. The fourth-order valence-electron chi connectivity index (χ4n) is 5.43. The summed E-state index contributed by atoms with van der Waals surface area (Å²) < 4.78 is 76.3. The van der Waals surface area contributed by atoms with Crippen LogP contribution in [-0.2, 0) is 36.7 Å². The largest absolute Gasteiger partial charge is 0.478 e. The van der Waals surface area contributed by atoms with Gasteiger partial charge in [-0.3, -0.25) is 22.7 Å². The molecule has 3 aromatic heterocycles. The lowest BCUT2D eigenvalue weighted by molar-refractivity contribution is -0.0706. The number of aromatic nitrogens is 7. The number of hydrogen-bond donors (Lipinski definition) is 5. The number of carboxylic acid groups (broad SMARTS) is 1. The zero-order chi connectivity index (χ0) is 32.5. The number of fused-ring (bicyclic) bond motifs is 5. The van der Waals surface area contributed by atoms with E-state index >= 15 is 4.39 Å². The second-order valence-corrected chi connectivity index (χ2v) is 13.1. The highest BCUT2D eigenvalue weighted by Gasteiger charge is 2.54. The number of hydrogen-bond acceptors (Lipinski definition) is 16. The van der Waals surface area contributed by atoms with Crippen LogP contribution in [-0.4, -0.2) is 110 Å². The number of nitrogens with two attached hydrogens (primary N) is 1. The van der Waals surface area contributed by atoms with Gasteiger partial charge in [-0.25, -0.2) is 37.9 Å². The minimum atomic E-state index is -5.17. The van der Waals surface area contributed by atoms with Crippen LogP contribution >= 0.6 is 15.6 Å². The van der Waals surface area contributed by atoms with Gasteiger partial charge in [0.25, 0.3) is 0 Å². The number of halogens is 1. The molecule has 246 valence electrons. The van der Waals surface area contributed by atoms with Crippen molar-refractivity contribution in [2.24, 2.45) is 0 Å². The van der Waals surface area contributed by atoms with E-state index in [1.807, 2.05) is 0 Å². The zero-order valence-corrected chi connectivity index (χ0v) is 24.7. The van der Waals surface area contributed by atoms with Crippen LogP contribution in [0.25, 0.3) is 22.2 Å². The average Bonchev–Trinajstić information content (AvgIpc) is 3.76. The molecule has 0 radical (unpaired) electrons. The van der Waals surface area contributed by atoms with Gasteiger partial charge in [0.05, 0.1) is 30.6 Å². The lowest BCUT2D eigenvalue weighted by atomic mass is 10.1. The van der Waals surface area contributed by atoms with Crippen molar-refractivity contribution in [3.63, 3.8) is 0 Å². The Bertz CT molecular complexity index is 1930. The van der Waals surface area contributed by atoms with Crippen LogP contribution in [0.15, 0.2) is 30.9 Å². The van der Waals surface area contributed by atoms with E-state index in [9.17, 15) is 33.9 Å². The molecular formula is C22H23FN8O13P2. The molecule has 46 heavy (non-hydrogen) atoms. The standard InChI is InChI=1S/C22H23FN8O13P2/c23-12-16-11(42-20(12)30-7-27-14-18(24)25-6-26-19(14)30)5-40-46(37,38)44-17-15(32)10(4-39-45(35,36)43-16)41-21(17)31-9-3-1-2-8(22(33)34)13(9)28-29-31/h1-3,6-7,10-12,15-17,20-21,32H,4-5H2,(H,33,34)(H,35,36)(H,37,38)(H2,24,25,26)/t10-,11-,12-,15-,16-,17-,20-,21-/m1/s1. The molecule has 6 N–H and O–H groups in total. The van der Waals surface area contributed by atoms with Crippen molar-refractivity contribution >= 4 is 49.6 Å². The third-order valence-corrected chi connectivity index (χ3v) is 9.50. The predicted octanol–water partition coefficient (Wildman–Crippen LogP) is 0.0634. The molecule has 0 aliphatic carbocycles. The second kappa shape index (κ2) is 11.3. The van der Waals surface area contributed by atoms with Gasteiger partial charge in [0.2, 0.25) is 0 Å². The average molecular weight is 688 g/mol. The van der Waals surface area contributed by atoms with Gasteiger partial charge in [0, 0.05) is 0 Å². The summed E-state index contributed by atoms with van der Waals surface area (Å²) in [6.45, 7) is -1.79. The van der Waals surface area contributed by atoms with Crippen LogP contribution in [0.4, 0.5) is 10.2 Å². The fraction of sp³-hybridized carbons (Fsp3) is 0.455. The lowest BCUT2D eigenvalue weighted by Crippen LogP contribution is -2.35. The maximum atomic E-state index is 15.9. The molecule has 6 heterocycles. The number of aromatic carboxylic acids is 1. The molecular weight excluding hydrogens is 665 g/mol. The highest BCUT2D eigenvalue weighted by Crippen LogP contribution is 2.54. The van der Waals surface area contributed by atoms with Crippen molar-refractivity contribution < 1.29 is 65.9 Å². The van der Waals surface area contributed by atoms with Crippen molar-refractivity contribution in [3.05, 3.63) is 36.4 Å². The second-order valence-electron chi connectivity index (χ2n) is 10.3. The number of carboxylic acids is 1. The number of benzene rings is 1. The molecule has 0 saturated carbocycles. The number of phosphoric ester groups is 2. The SMILES string of the molecule is Nc1ncnc2c1ncn2[C@@H]1O[C@@H]2COP(=O)(O)O[C@@H]3[C@H](O)[C@@H](COP(=O)(O)O[C@H]2[C@H]1F)O[C@H]3n1nnc2c(C(=O)O)cccc21. The normalized spacial score (nSPS) is 37.0. The topological polar surface area (TPSA) is 288 Å². The molecule has 2 bridgehead atoms. The first-order chi connectivity index (χ1) is 21.8. The number of alkyl halides is 1. The van der Waals surface area contributed by atoms with Gasteiger partial charge in [-0.2, -0.15) is 0 Å². The van der Waals surface area contributed by atoms with Gasteiger partial charge in [0.15, 0.2) is 30.1 Å². The molecule has 24 heteroatoms. The molecule has 3 aliphatic heterocycles. The van der Waals surface area contributed by atoms with E-state index in [1.54, 1.807) is 0 Å². The summed E-state index contributed by atoms with van der Waals surface area (Å²) in [6, 6.07) is 4.08. The van der Waals surface area contributed by atoms with Gasteiger partial charge in [-0.05, 0) is 12.1 Å². The van der Waals surface area contributed by atoms with E-state index in [-0.39, 0.29) is 33.6 Å².